The number of hydrogen-bond acceptors (Lipinski definition) is 3. The van der Waals surface area contributed by atoms with Crippen molar-refractivity contribution in [3.05, 3.63) is 52.2 Å². The summed E-state index contributed by atoms with van der Waals surface area (Å²) >= 11 is 1.41. The highest BCUT2D eigenvalue weighted by Gasteiger charge is 2.48. The Bertz CT molecular complexity index is 816. The first-order chi connectivity index (χ1) is 13.2. The first-order valence-electron chi connectivity index (χ1n) is 9.91. The van der Waals surface area contributed by atoms with Gasteiger partial charge < -0.3 is 10.6 Å². The molecule has 0 spiro atoms. The second-order valence-corrected chi connectivity index (χ2v) is 9.39. The van der Waals surface area contributed by atoms with Crippen molar-refractivity contribution < 1.29 is 9.59 Å². The Morgan fingerprint density at radius 1 is 0.852 bits per heavy atom. The lowest BCUT2D eigenvalue weighted by Gasteiger charge is -2.54. The zero-order valence-electron chi connectivity index (χ0n) is 15.2. The average molecular weight is 381 g/mol. The predicted octanol–water partition coefficient (Wildman–Crippen LogP) is 4.55. The van der Waals surface area contributed by atoms with Crippen LogP contribution in [-0.4, -0.2) is 17.9 Å². The number of carbonyl (C=O) groups excluding carboxylic acids is 2. The molecular formula is C22H24N2O2S. The van der Waals surface area contributed by atoms with Crippen molar-refractivity contribution >= 4 is 28.8 Å². The number of hydrogen-bond donors (Lipinski definition) is 2. The van der Waals surface area contributed by atoms with Gasteiger partial charge in [0.1, 0.15) is 0 Å². The number of anilines is 1. The summed E-state index contributed by atoms with van der Waals surface area (Å²) in [6, 6.07) is 11.2. The fourth-order valence-electron chi connectivity index (χ4n) is 5.70. The molecule has 1 aromatic carbocycles. The number of nitrogens with one attached hydrogen (secondary N) is 2. The van der Waals surface area contributed by atoms with Crippen LogP contribution in [0.3, 0.4) is 0 Å². The molecule has 1 heterocycles. The number of carbonyl (C=O) groups is 2. The molecule has 2 aromatic rings. The molecule has 1 aromatic heterocycles. The quantitative estimate of drug-likeness (QED) is 0.817. The molecule has 4 bridgehead atoms. The van der Waals surface area contributed by atoms with Crippen LogP contribution in [0, 0.1) is 23.7 Å². The summed E-state index contributed by atoms with van der Waals surface area (Å²) in [7, 11) is 0. The van der Waals surface area contributed by atoms with Gasteiger partial charge >= 0.3 is 0 Å². The van der Waals surface area contributed by atoms with Gasteiger partial charge in [0.15, 0.2) is 0 Å². The molecular weight excluding hydrogens is 356 g/mol. The van der Waals surface area contributed by atoms with Gasteiger partial charge in [-0.15, -0.1) is 11.3 Å². The van der Waals surface area contributed by atoms with Crippen LogP contribution in [-0.2, 0) is 0 Å². The zero-order valence-corrected chi connectivity index (χ0v) is 16.0. The molecule has 2 N–H and O–H groups in total. The summed E-state index contributed by atoms with van der Waals surface area (Å²) < 4.78 is 0. The van der Waals surface area contributed by atoms with E-state index in [4.69, 9.17) is 0 Å². The molecule has 5 heteroatoms. The van der Waals surface area contributed by atoms with Gasteiger partial charge in [0, 0.05) is 17.3 Å². The topological polar surface area (TPSA) is 58.2 Å². The van der Waals surface area contributed by atoms with Gasteiger partial charge in [-0.1, -0.05) is 6.07 Å². The Morgan fingerprint density at radius 3 is 2.11 bits per heavy atom. The van der Waals surface area contributed by atoms with E-state index in [-0.39, 0.29) is 11.8 Å². The number of thiophene rings is 1. The molecule has 4 fully saturated rings. The normalized spacial score (nSPS) is 30.9. The average Bonchev–Trinajstić information content (AvgIpc) is 3.19. The summed E-state index contributed by atoms with van der Waals surface area (Å²) in [6.45, 7) is 0. The summed E-state index contributed by atoms with van der Waals surface area (Å²) in [6.07, 6.45) is 6.61. The van der Waals surface area contributed by atoms with E-state index < -0.39 is 0 Å². The third kappa shape index (κ3) is 3.29. The minimum Gasteiger partial charge on any atom is -0.349 e. The molecule has 140 valence electrons. The van der Waals surface area contributed by atoms with Gasteiger partial charge in [-0.2, -0.15) is 0 Å². The second-order valence-electron chi connectivity index (χ2n) is 8.44. The van der Waals surface area contributed by atoms with Gasteiger partial charge in [0.05, 0.1) is 4.88 Å². The molecule has 4 aliphatic carbocycles. The Morgan fingerprint density at radius 2 is 1.52 bits per heavy atom. The number of rotatable bonds is 4. The van der Waals surface area contributed by atoms with E-state index >= 15 is 0 Å². The van der Waals surface area contributed by atoms with Crippen LogP contribution >= 0.6 is 11.3 Å². The summed E-state index contributed by atoms with van der Waals surface area (Å²) in [5.74, 6) is 3.07. The van der Waals surface area contributed by atoms with Crippen LogP contribution < -0.4 is 10.6 Å². The first-order valence-corrected chi connectivity index (χ1v) is 10.8. The minimum atomic E-state index is -0.115. The lowest BCUT2D eigenvalue weighted by molar-refractivity contribution is -0.0119. The van der Waals surface area contributed by atoms with Crippen molar-refractivity contribution in [3.63, 3.8) is 0 Å². The molecule has 0 atom stereocenters. The van der Waals surface area contributed by atoms with E-state index in [0.29, 0.717) is 34.0 Å². The molecule has 6 rings (SSSR count). The Balaban J connectivity index is 1.23. The Hall–Kier alpha value is -2.14. The summed E-state index contributed by atoms with van der Waals surface area (Å²) in [5, 5.41) is 8.09. The molecule has 0 aliphatic heterocycles. The van der Waals surface area contributed by atoms with E-state index in [1.807, 2.05) is 11.4 Å². The van der Waals surface area contributed by atoms with E-state index in [2.05, 4.69) is 10.6 Å². The van der Waals surface area contributed by atoms with Gasteiger partial charge in [-0.3, -0.25) is 9.59 Å². The molecule has 4 saturated carbocycles. The van der Waals surface area contributed by atoms with Crippen molar-refractivity contribution in [1.82, 2.24) is 5.32 Å². The second kappa shape index (κ2) is 6.79. The van der Waals surface area contributed by atoms with Crippen LogP contribution in [0.15, 0.2) is 41.8 Å². The van der Waals surface area contributed by atoms with Crippen molar-refractivity contribution in [1.29, 1.82) is 0 Å². The highest BCUT2D eigenvalue weighted by molar-refractivity contribution is 7.12. The molecule has 4 aliphatic rings. The summed E-state index contributed by atoms with van der Waals surface area (Å²) in [4.78, 5) is 25.6. The molecule has 0 unspecified atom stereocenters. The SMILES string of the molecule is O=C(NC1C2CC3CC(C2)CC1C3)c1ccc(NC(=O)c2cccs2)cc1. The third-order valence-electron chi connectivity index (χ3n) is 6.67. The maximum atomic E-state index is 12.8. The van der Waals surface area contributed by atoms with Crippen LogP contribution in [0.1, 0.15) is 52.1 Å². The highest BCUT2D eigenvalue weighted by atomic mass is 32.1. The maximum Gasteiger partial charge on any atom is 0.265 e. The number of amides is 2. The maximum absolute atomic E-state index is 12.8. The smallest absolute Gasteiger partial charge is 0.265 e. The lowest BCUT2D eigenvalue weighted by atomic mass is 9.54. The van der Waals surface area contributed by atoms with Crippen LogP contribution in [0.2, 0.25) is 0 Å². The van der Waals surface area contributed by atoms with E-state index in [9.17, 15) is 9.59 Å². The van der Waals surface area contributed by atoms with Crippen molar-refractivity contribution in [3.8, 4) is 0 Å². The predicted molar refractivity (Wildman–Crippen MR) is 107 cm³/mol. The lowest BCUT2D eigenvalue weighted by Crippen LogP contribution is -2.55. The van der Waals surface area contributed by atoms with E-state index in [1.165, 1.54) is 43.4 Å². The van der Waals surface area contributed by atoms with Crippen LogP contribution in [0.4, 0.5) is 5.69 Å². The molecule has 2 amide bonds. The van der Waals surface area contributed by atoms with Crippen molar-refractivity contribution in [2.45, 2.75) is 38.1 Å². The highest BCUT2D eigenvalue weighted by Crippen LogP contribution is 2.53. The monoisotopic (exact) mass is 380 g/mol. The third-order valence-corrected chi connectivity index (χ3v) is 7.54. The zero-order chi connectivity index (χ0) is 18.4. The standard InChI is InChI=1S/C22H24N2O2S/c25-21(24-20-16-9-13-8-14(11-16)12-17(20)10-13)15-3-5-18(6-4-15)23-22(26)19-2-1-7-27-19/h1-7,13-14,16-17,20H,8-12H2,(H,23,26)(H,24,25). The Kier molecular flexibility index (Phi) is 4.27. The largest absolute Gasteiger partial charge is 0.349 e. The fourth-order valence-corrected chi connectivity index (χ4v) is 6.32. The van der Waals surface area contributed by atoms with Gasteiger partial charge in [0.2, 0.25) is 0 Å². The fraction of sp³-hybridized carbons (Fsp3) is 0.455. The van der Waals surface area contributed by atoms with Crippen LogP contribution in [0.5, 0.6) is 0 Å². The molecule has 0 radical (unpaired) electrons. The first kappa shape index (κ1) is 17.0. The van der Waals surface area contributed by atoms with Crippen molar-refractivity contribution in [2.75, 3.05) is 5.32 Å². The van der Waals surface area contributed by atoms with Gasteiger partial charge in [0.25, 0.3) is 11.8 Å². The molecule has 27 heavy (non-hydrogen) atoms. The van der Waals surface area contributed by atoms with E-state index in [0.717, 1.165) is 11.8 Å². The molecule has 0 saturated heterocycles. The molecule has 4 nitrogen and oxygen atoms in total. The summed E-state index contributed by atoms with van der Waals surface area (Å²) in [5.41, 5.74) is 1.37. The number of benzene rings is 1. The van der Waals surface area contributed by atoms with Crippen LogP contribution in [0.25, 0.3) is 0 Å². The van der Waals surface area contributed by atoms with E-state index in [1.54, 1.807) is 30.3 Å². The minimum absolute atomic E-state index is 0.0172. The van der Waals surface area contributed by atoms with Crippen molar-refractivity contribution in [2.24, 2.45) is 23.7 Å². The Labute approximate surface area is 163 Å². The van der Waals surface area contributed by atoms with Gasteiger partial charge in [-0.05, 0) is 91.5 Å². The van der Waals surface area contributed by atoms with Gasteiger partial charge in [-0.25, -0.2) is 0 Å².